The summed E-state index contributed by atoms with van der Waals surface area (Å²) in [6.07, 6.45) is 1.84. The van der Waals surface area contributed by atoms with Crippen LogP contribution in [0.2, 0.25) is 5.02 Å². The Bertz CT molecular complexity index is 997. The highest BCUT2D eigenvalue weighted by Crippen LogP contribution is 2.33. The van der Waals surface area contributed by atoms with Crippen LogP contribution in [-0.2, 0) is 11.3 Å². The van der Waals surface area contributed by atoms with Crippen LogP contribution in [0.15, 0.2) is 42.5 Å². The summed E-state index contributed by atoms with van der Waals surface area (Å²) >= 11 is 6.11. The highest BCUT2D eigenvalue weighted by Gasteiger charge is 2.40. The normalized spacial score (nSPS) is 21.8. The van der Waals surface area contributed by atoms with Crippen molar-refractivity contribution in [1.29, 1.82) is 0 Å². The van der Waals surface area contributed by atoms with Gasteiger partial charge in [0.2, 0.25) is 0 Å². The van der Waals surface area contributed by atoms with E-state index >= 15 is 0 Å². The number of carbonyl (C=O) groups excluding carboxylic acids is 2. The number of halogens is 1. The standard InChI is InChI=1S/C24H26ClN3O3/c25-18-5-1-4-17(14-18)15-26-9-11-27(12-10-26)21-8-2-7-20-22(21)24(30)28(23(20)29)16-19-6-3-13-31-19/h1-2,4-5,7-8,14,19H,3,6,9-13,15-16H2. The van der Waals surface area contributed by atoms with E-state index in [9.17, 15) is 9.59 Å². The number of imide groups is 1. The summed E-state index contributed by atoms with van der Waals surface area (Å²) in [6.45, 7) is 5.30. The van der Waals surface area contributed by atoms with Crippen LogP contribution in [0.1, 0.15) is 39.1 Å². The van der Waals surface area contributed by atoms with Crippen molar-refractivity contribution in [3.63, 3.8) is 0 Å². The van der Waals surface area contributed by atoms with Crippen LogP contribution in [0, 0.1) is 0 Å². The van der Waals surface area contributed by atoms with Crippen molar-refractivity contribution in [3.8, 4) is 0 Å². The molecule has 2 aromatic carbocycles. The van der Waals surface area contributed by atoms with E-state index in [1.54, 1.807) is 6.07 Å². The summed E-state index contributed by atoms with van der Waals surface area (Å²) in [7, 11) is 0. The number of hydrogen-bond donors (Lipinski definition) is 0. The van der Waals surface area contributed by atoms with Gasteiger partial charge in [0.1, 0.15) is 0 Å². The Balaban J connectivity index is 1.29. The SMILES string of the molecule is O=C1c2cccc(N3CCN(Cc4cccc(Cl)c4)CC3)c2C(=O)N1CC1CCCO1. The number of carbonyl (C=O) groups is 2. The first-order chi connectivity index (χ1) is 15.1. The summed E-state index contributed by atoms with van der Waals surface area (Å²) in [5, 5.41) is 0.756. The van der Waals surface area contributed by atoms with Gasteiger partial charge in [-0.05, 0) is 42.7 Å². The van der Waals surface area contributed by atoms with Crippen LogP contribution in [-0.4, -0.2) is 67.0 Å². The molecule has 6 nitrogen and oxygen atoms in total. The number of rotatable bonds is 5. The molecule has 0 N–H and O–H groups in total. The van der Waals surface area contributed by atoms with Crippen LogP contribution in [0.5, 0.6) is 0 Å². The zero-order valence-corrected chi connectivity index (χ0v) is 18.2. The Morgan fingerprint density at radius 1 is 1.00 bits per heavy atom. The maximum absolute atomic E-state index is 13.2. The van der Waals surface area contributed by atoms with Crippen molar-refractivity contribution < 1.29 is 14.3 Å². The summed E-state index contributed by atoms with van der Waals surface area (Å²) in [5.74, 6) is -0.385. The van der Waals surface area contributed by atoms with Crippen LogP contribution in [0.4, 0.5) is 5.69 Å². The molecule has 1 unspecified atom stereocenters. The van der Waals surface area contributed by atoms with Crippen LogP contribution in [0.3, 0.4) is 0 Å². The molecule has 0 saturated carbocycles. The lowest BCUT2D eigenvalue weighted by Gasteiger charge is -2.36. The van der Waals surface area contributed by atoms with Crippen LogP contribution >= 0.6 is 11.6 Å². The van der Waals surface area contributed by atoms with Crippen molar-refractivity contribution >= 4 is 29.1 Å². The molecule has 0 bridgehead atoms. The van der Waals surface area contributed by atoms with Crippen LogP contribution < -0.4 is 4.90 Å². The molecule has 2 saturated heterocycles. The summed E-state index contributed by atoms with van der Waals surface area (Å²) < 4.78 is 5.65. The molecular weight excluding hydrogens is 414 g/mol. The van der Waals surface area contributed by atoms with Gasteiger partial charge in [0, 0.05) is 44.4 Å². The third-order valence-electron chi connectivity index (χ3n) is 6.40. The van der Waals surface area contributed by atoms with Gasteiger partial charge < -0.3 is 9.64 Å². The van der Waals surface area contributed by atoms with Gasteiger partial charge in [0.15, 0.2) is 0 Å². The topological polar surface area (TPSA) is 53.1 Å². The van der Waals surface area contributed by atoms with Crippen molar-refractivity contribution in [1.82, 2.24) is 9.80 Å². The summed E-state index contributed by atoms with van der Waals surface area (Å²) in [5.41, 5.74) is 3.14. The van der Waals surface area contributed by atoms with E-state index in [1.807, 2.05) is 30.3 Å². The second-order valence-corrected chi connectivity index (χ2v) is 8.89. The minimum Gasteiger partial charge on any atom is -0.376 e. The van der Waals surface area contributed by atoms with Crippen molar-refractivity contribution in [3.05, 3.63) is 64.2 Å². The van der Waals surface area contributed by atoms with Gasteiger partial charge in [-0.2, -0.15) is 0 Å². The van der Waals surface area contributed by atoms with Gasteiger partial charge in [-0.25, -0.2) is 0 Å². The minimum absolute atomic E-state index is 0.0410. The largest absolute Gasteiger partial charge is 0.376 e. The van der Waals surface area contributed by atoms with E-state index in [1.165, 1.54) is 10.5 Å². The van der Waals surface area contributed by atoms with E-state index in [-0.39, 0.29) is 17.9 Å². The summed E-state index contributed by atoms with van der Waals surface area (Å²) in [6, 6.07) is 13.6. The number of piperazine rings is 1. The Labute approximate surface area is 187 Å². The lowest BCUT2D eigenvalue weighted by molar-refractivity contribution is 0.0475. The molecule has 31 heavy (non-hydrogen) atoms. The molecule has 0 aromatic heterocycles. The predicted octanol–water partition coefficient (Wildman–Crippen LogP) is 3.44. The molecule has 3 aliphatic heterocycles. The van der Waals surface area contributed by atoms with Gasteiger partial charge in [0.25, 0.3) is 11.8 Å². The highest BCUT2D eigenvalue weighted by molar-refractivity contribution is 6.30. The lowest BCUT2D eigenvalue weighted by atomic mass is 10.1. The van der Waals surface area contributed by atoms with E-state index in [0.717, 1.165) is 56.3 Å². The molecule has 2 fully saturated rings. The Morgan fingerprint density at radius 3 is 2.55 bits per heavy atom. The zero-order valence-electron chi connectivity index (χ0n) is 17.4. The fourth-order valence-electron chi connectivity index (χ4n) is 4.78. The maximum Gasteiger partial charge on any atom is 0.263 e. The van der Waals surface area contributed by atoms with E-state index in [0.29, 0.717) is 24.3 Å². The zero-order chi connectivity index (χ0) is 21.4. The van der Waals surface area contributed by atoms with Gasteiger partial charge in [-0.15, -0.1) is 0 Å². The molecule has 3 heterocycles. The Morgan fingerprint density at radius 2 is 1.81 bits per heavy atom. The van der Waals surface area contributed by atoms with E-state index in [2.05, 4.69) is 15.9 Å². The molecule has 7 heteroatoms. The number of nitrogens with zero attached hydrogens (tertiary/aromatic N) is 3. The first kappa shape index (κ1) is 20.5. The molecule has 1 atom stereocenters. The molecule has 0 radical (unpaired) electrons. The monoisotopic (exact) mass is 439 g/mol. The number of benzene rings is 2. The molecule has 3 aliphatic rings. The average molecular weight is 440 g/mol. The average Bonchev–Trinajstić information content (AvgIpc) is 3.37. The van der Waals surface area contributed by atoms with Gasteiger partial charge in [-0.3, -0.25) is 19.4 Å². The predicted molar refractivity (Wildman–Crippen MR) is 120 cm³/mol. The van der Waals surface area contributed by atoms with Crippen molar-refractivity contribution in [2.24, 2.45) is 0 Å². The molecule has 5 rings (SSSR count). The van der Waals surface area contributed by atoms with Gasteiger partial charge in [-0.1, -0.05) is 29.8 Å². The number of hydrogen-bond acceptors (Lipinski definition) is 5. The summed E-state index contributed by atoms with van der Waals surface area (Å²) in [4.78, 5) is 32.1. The first-order valence-corrected chi connectivity index (χ1v) is 11.3. The number of amides is 2. The number of fused-ring (bicyclic) bond motifs is 1. The molecule has 0 aliphatic carbocycles. The van der Waals surface area contributed by atoms with Crippen molar-refractivity contribution in [2.75, 3.05) is 44.2 Å². The number of anilines is 1. The lowest BCUT2D eigenvalue weighted by Crippen LogP contribution is -2.46. The molecule has 2 aromatic rings. The molecule has 162 valence electrons. The quantitative estimate of drug-likeness (QED) is 0.668. The second kappa shape index (κ2) is 8.61. The van der Waals surface area contributed by atoms with Crippen molar-refractivity contribution in [2.45, 2.75) is 25.5 Å². The maximum atomic E-state index is 13.2. The fourth-order valence-corrected chi connectivity index (χ4v) is 4.99. The first-order valence-electron chi connectivity index (χ1n) is 10.9. The highest BCUT2D eigenvalue weighted by atomic mass is 35.5. The molecule has 0 spiro atoms. The third kappa shape index (κ3) is 4.07. The smallest absolute Gasteiger partial charge is 0.263 e. The molecular formula is C24H26ClN3O3. The molecule has 2 amide bonds. The second-order valence-electron chi connectivity index (χ2n) is 8.45. The van der Waals surface area contributed by atoms with E-state index in [4.69, 9.17) is 16.3 Å². The van der Waals surface area contributed by atoms with Crippen LogP contribution in [0.25, 0.3) is 0 Å². The van der Waals surface area contributed by atoms with Gasteiger partial charge in [0.05, 0.1) is 29.5 Å². The minimum atomic E-state index is -0.197. The number of ether oxygens (including phenoxy) is 1. The third-order valence-corrected chi connectivity index (χ3v) is 6.63. The Kier molecular flexibility index (Phi) is 5.69. The fraction of sp³-hybridized carbons (Fsp3) is 0.417. The Hall–Kier alpha value is -2.41. The van der Waals surface area contributed by atoms with Gasteiger partial charge >= 0.3 is 0 Å². The van der Waals surface area contributed by atoms with E-state index < -0.39 is 0 Å².